The molecule has 0 aliphatic carbocycles. The minimum atomic E-state index is -4.98. The van der Waals surface area contributed by atoms with Crippen LogP contribution in [0.4, 0.5) is 0 Å². The highest BCUT2D eigenvalue weighted by atomic mass is 31.2. The highest BCUT2D eigenvalue weighted by molar-refractivity contribution is 7.47. The van der Waals surface area contributed by atoms with Gasteiger partial charge in [0.05, 0.1) is 26.4 Å². The lowest BCUT2D eigenvalue weighted by atomic mass is 10.0. The fourth-order valence-corrected chi connectivity index (χ4v) is 11.6. The zero-order valence-corrected chi connectivity index (χ0v) is 62.3. The highest BCUT2D eigenvalue weighted by Gasteiger charge is 2.30. The van der Waals surface area contributed by atoms with Crippen LogP contribution in [0.2, 0.25) is 0 Å². The molecule has 3 N–H and O–H groups in total. The van der Waals surface area contributed by atoms with Gasteiger partial charge in [0.1, 0.15) is 19.3 Å². The van der Waals surface area contributed by atoms with Gasteiger partial charge in [-0.1, -0.05) is 273 Å². The molecule has 19 heteroatoms. The summed E-state index contributed by atoms with van der Waals surface area (Å²) in [6.07, 6.45) is 70.2. The van der Waals surface area contributed by atoms with E-state index in [1.165, 1.54) is 96.3 Å². The number of ether oxygens (including phenoxy) is 4. The number of esters is 4. The van der Waals surface area contributed by atoms with Crippen molar-refractivity contribution in [3.63, 3.8) is 0 Å². The Morgan fingerprint density at radius 3 is 0.885 bits per heavy atom. The number of aliphatic hydroxyl groups is 1. The first-order valence-electron chi connectivity index (χ1n) is 37.8. The molecule has 17 nitrogen and oxygen atoms in total. The molecule has 0 saturated carbocycles. The molecule has 0 saturated heterocycles. The lowest BCUT2D eigenvalue weighted by molar-refractivity contribution is -0.161. The molecule has 0 bridgehead atoms. The number of allylic oxidation sites excluding steroid dienone is 14. The number of carbonyl (C=O) groups is 4. The van der Waals surface area contributed by atoms with Crippen molar-refractivity contribution in [1.82, 2.24) is 0 Å². The van der Waals surface area contributed by atoms with Crippen LogP contribution in [0.1, 0.15) is 323 Å². The van der Waals surface area contributed by atoms with Gasteiger partial charge in [0.15, 0.2) is 12.2 Å². The quantitative estimate of drug-likeness (QED) is 0.0169. The predicted octanol–water partition coefficient (Wildman–Crippen LogP) is 21.4. The lowest BCUT2D eigenvalue weighted by Crippen LogP contribution is -2.30. The molecule has 556 valence electrons. The van der Waals surface area contributed by atoms with Crippen molar-refractivity contribution in [3.8, 4) is 0 Å². The van der Waals surface area contributed by atoms with Crippen LogP contribution in [0.25, 0.3) is 0 Å². The van der Waals surface area contributed by atoms with Crippen molar-refractivity contribution in [2.24, 2.45) is 0 Å². The zero-order valence-electron chi connectivity index (χ0n) is 60.5. The Hall–Kier alpha value is -3.76. The van der Waals surface area contributed by atoms with E-state index in [2.05, 4.69) is 113 Å². The number of phosphoric acid groups is 2. The van der Waals surface area contributed by atoms with Gasteiger partial charge in [-0.05, 0) is 109 Å². The summed E-state index contributed by atoms with van der Waals surface area (Å²) in [6.45, 7) is 4.65. The van der Waals surface area contributed by atoms with E-state index in [-0.39, 0.29) is 25.7 Å². The van der Waals surface area contributed by atoms with Crippen LogP contribution in [0, 0.1) is 0 Å². The van der Waals surface area contributed by atoms with Crippen molar-refractivity contribution in [2.75, 3.05) is 39.6 Å². The Bertz CT molecular complexity index is 2160. The topological polar surface area (TPSA) is 237 Å². The number of aliphatic hydroxyl groups excluding tert-OH is 1. The fourth-order valence-electron chi connectivity index (χ4n) is 10.0. The first kappa shape index (κ1) is 92.2. The Morgan fingerprint density at radius 1 is 0.302 bits per heavy atom. The van der Waals surface area contributed by atoms with Gasteiger partial charge in [0, 0.05) is 25.7 Å². The van der Waals surface area contributed by atoms with E-state index in [0.29, 0.717) is 25.7 Å². The Balaban J connectivity index is 5.29. The normalized spacial score (nSPS) is 14.4. The van der Waals surface area contributed by atoms with Crippen molar-refractivity contribution in [3.05, 3.63) is 85.1 Å². The molecule has 96 heavy (non-hydrogen) atoms. The summed E-state index contributed by atoms with van der Waals surface area (Å²) < 4.78 is 68.3. The lowest BCUT2D eigenvalue weighted by Gasteiger charge is -2.21. The second-order valence-electron chi connectivity index (χ2n) is 25.2. The fraction of sp³-hybridized carbons (Fsp3) is 0.766. The van der Waals surface area contributed by atoms with Gasteiger partial charge < -0.3 is 33.8 Å². The van der Waals surface area contributed by atoms with Gasteiger partial charge in [0.2, 0.25) is 0 Å². The summed E-state index contributed by atoms with van der Waals surface area (Å²) in [6, 6.07) is 0. The molecule has 0 aliphatic heterocycles. The molecule has 0 radical (unpaired) electrons. The van der Waals surface area contributed by atoms with Gasteiger partial charge >= 0.3 is 39.5 Å². The molecule has 0 aromatic heterocycles. The zero-order chi connectivity index (χ0) is 70.4. The van der Waals surface area contributed by atoms with Gasteiger partial charge in [-0.2, -0.15) is 0 Å². The number of hydrogen-bond donors (Lipinski definition) is 3. The van der Waals surface area contributed by atoms with E-state index in [9.17, 15) is 43.2 Å². The second-order valence-corrected chi connectivity index (χ2v) is 28.1. The van der Waals surface area contributed by atoms with Crippen molar-refractivity contribution in [1.29, 1.82) is 0 Å². The number of unbranched alkanes of at least 4 members (excludes halogenated alkanes) is 31. The van der Waals surface area contributed by atoms with Crippen LogP contribution in [-0.4, -0.2) is 96.7 Å². The monoisotopic (exact) mass is 1390 g/mol. The molecule has 0 fully saturated rings. The van der Waals surface area contributed by atoms with E-state index in [4.69, 9.17) is 37.0 Å². The first-order chi connectivity index (χ1) is 46.7. The molecular formula is C77H136O17P2. The van der Waals surface area contributed by atoms with Crippen molar-refractivity contribution >= 4 is 39.5 Å². The third-order valence-corrected chi connectivity index (χ3v) is 17.7. The Kier molecular flexibility index (Phi) is 67.0. The van der Waals surface area contributed by atoms with E-state index in [1.807, 2.05) is 0 Å². The van der Waals surface area contributed by atoms with E-state index in [0.717, 1.165) is 148 Å². The van der Waals surface area contributed by atoms with Crippen LogP contribution < -0.4 is 0 Å². The number of carbonyl (C=O) groups excluding carboxylic acids is 4. The van der Waals surface area contributed by atoms with Crippen LogP contribution in [0.5, 0.6) is 0 Å². The summed E-state index contributed by atoms with van der Waals surface area (Å²) in [5.74, 6) is -2.21. The van der Waals surface area contributed by atoms with Gasteiger partial charge in [-0.3, -0.25) is 37.3 Å². The minimum Gasteiger partial charge on any atom is -0.462 e. The van der Waals surface area contributed by atoms with E-state index in [1.54, 1.807) is 0 Å². The summed E-state index contributed by atoms with van der Waals surface area (Å²) in [5, 5.41) is 10.6. The van der Waals surface area contributed by atoms with Crippen molar-refractivity contribution in [2.45, 2.75) is 341 Å². The molecule has 0 spiro atoms. The summed E-state index contributed by atoms with van der Waals surface area (Å²) in [4.78, 5) is 72.7. The Morgan fingerprint density at radius 2 is 0.552 bits per heavy atom. The average molecular weight is 1400 g/mol. The largest absolute Gasteiger partial charge is 0.472 e. The van der Waals surface area contributed by atoms with Crippen LogP contribution in [0.15, 0.2) is 85.1 Å². The van der Waals surface area contributed by atoms with E-state index >= 15 is 0 Å². The van der Waals surface area contributed by atoms with Crippen LogP contribution in [0.3, 0.4) is 0 Å². The first-order valence-corrected chi connectivity index (χ1v) is 40.8. The molecule has 0 aromatic carbocycles. The second kappa shape index (κ2) is 69.7. The van der Waals surface area contributed by atoms with Gasteiger partial charge in [-0.25, -0.2) is 9.13 Å². The molecule has 0 aliphatic rings. The highest BCUT2D eigenvalue weighted by Crippen LogP contribution is 2.45. The number of phosphoric ester groups is 2. The molecular weight excluding hydrogens is 1260 g/mol. The minimum absolute atomic E-state index is 0.0774. The smallest absolute Gasteiger partial charge is 0.462 e. The number of rotatable bonds is 71. The molecule has 0 amide bonds. The molecule has 5 unspecified atom stereocenters. The maximum atomic E-state index is 13.0. The predicted molar refractivity (Wildman–Crippen MR) is 390 cm³/mol. The maximum absolute atomic E-state index is 13.0. The molecule has 0 aromatic rings. The molecule has 0 rings (SSSR count). The van der Waals surface area contributed by atoms with E-state index < -0.39 is 97.5 Å². The maximum Gasteiger partial charge on any atom is 0.472 e. The van der Waals surface area contributed by atoms with Gasteiger partial charge in [-0.15, -0.1) is 0 Å². The SMILES string of the molecule is CC/C=C\C/C=C\C/C=C\C/C=C\C/C=C\CCCCCC(=O)OCC(COP(=O)(O)OCC(O)COP(=O)(O)OCC(COC(=O)CCCCCCCCCCCCCCCCC)OC(=O)CCCCCCC/C=C\CCCC)OC(=O)CCCCCCC/C=C\CCCC. The standard InChI is InChI=1S/C77H136O17P2/c1-5-9-13-17-21-25-29-31-33-34-35-36-38-40-44-46-50-54-58-62-75(80)88-68-73(94-77(82)64-60-56-52-48-42-28-24-20-16-12-8-4)70-92-96(85,86)90-66-71(78)65-89-95(83,84)91-69-72(93-76(81)63-59-55-51-47-41-27-23-19-15-11-7-3)67-87-74(79)61-57-53-49-45-43-39-37-32-30-26-22-18-14-10-6-2/h9,13,19-21,23-25,31,33,35-36,40,44,71-73,78H,5-8,10-12,14-18,22,26-30,32,34,37-39,41-43,45-70H2,1-4H3,(H,83,84)(H,85,86)/b13-9-,23-19-,24-20-,25-21-,33-31-,36-35-,44-40-. The molecule has 5 atom stereocenters. The third-order valence-electron chi connectivity index (χ3n) is 15.8. The Labute approximate surface area is 583 Å². The number of hydrogen-bond acceptors (Lipinski definition) is 15. The third kappa shape index (κ3) is 68.8. The van der Waals surface area contributed by atoms with Crippen LogP contribution >= 0.6 is 15.6 Å². The van der Waals surface area contributed by atoms with Crippen LogP contribution in [-0.2, 0) is 65.4 Å². The summed E-state index contributed by atoms with van der Waals surface area (Å²) in [5.41, 5.74) is 0. The van der Waals surface area contributed by atoms with Crippen molar-refractivity contribution < 1.29 is 80.2 Å². The average Bonchev–Trinajstić information content (AvgIpc) is 1.15. The summed E-state index contributed by atoms with van der Waals surface area (Å²) >= 11 is 0. The molecule has 0 heterocycles. The van der Waals surface area contributed by atoms with Gasteiger partial charge in [0.25, 0.3) is 0 Å². The summed E-state index contributed by atoms with van der Waals surface area (Å²) in [7, 11) is -9.94.